The van der Waals surface area contributed by atoms with Crippen molar-refractivity contribution in [3.63, 3.8) is 0 Å². The molecule has 1 aliphatic heterocycles. The van der Waals surface area contributed by atoms with E-state index in [2.05, 4.69) is 10.3 Å². The Labute approximate surface area is 117 Å². The summed E-state index contributed by atoms with van der Waals surface area (Å²) < 4.78 is 0. The largest absolute Gasteiger partial charge is 0.478 e. The van der Waals surface area contributed by atoms with E-state index < -0.39 is 5.97 Å². The first kappa shape index (κ1) is 14.5. The summed E-state index contributed by atoms with van der Waals surface area (Å²) >= 11 is 0. The van der Waals surface area contributed by atoms with Gasteiger partial charge in [0.25, 0.3) is 0 Å². The van der Waals surface area contributed by atoms with E-state index in [0.717, 1.165) is 31.6 Å². The first-order valence-electron chi connectivity index (χ1n) is 6.78. The fourth-order valence-corrected chi connectivity index (χ4v) is 2.21. The highest BCUT2D eigenvalue weighted by Gasteiger charge is 2.22. The number of nitrogens with zero attached hydrogens (tertiary/aromatic N) is 2. The van der Waals surface area contributed by atoms with Crippen LogP contribution < -0.4 is 5.32 Å². The number of carboxylic acid groups (broad SMARTS) is 1. The number of rotatable bonds is 5. The van der Waals surface area contributed by atoms with Crippen molar-refractivity contribution in [1.82, 2.24) is 15.2 Å². The number of likely N-dealkylation sites (tertiary alicyclic amines) is 1. The Morgan fingerprint density at radius 2 is 2.10 bits per heavy atom. The van der Waals surface area contributed by atoms with Crippen molar-refractivity contribution in [2.24, 2.45) is 0 Å². The third-order valence-corrected chi connectivity index (χ3v) is 3.45. The van der Waals surface area contributed by atoms with Gasteiger partial charge >= 0.3 is 5.97 Å². The van der Waals surface area contributed by atoms with E-state index >= 15 is 0 Å². The SMILES string of the molecule is CC(NCc1ccc(C(=O)O)cn1)C(=O)N1CCCC1. The number of hydrogen-bond acceptors (Lipinski definition) is 4. The summed E-state index contributed by atoms with van der Waals surface area (Å²) in [5.74, 6) is -0.876. The Hall–Kier alpha value is -1.95. The van der Waals surface area contributed by atoms with Crippen LogP contribution in [-0.2, 0) is 11.3 Å². The zero-order valence-electron chi connectivity index (χ0n) is 11.5. The third-order valence-electron chi connectivity index (χ3n) is 3.45. The van der Waals surface area contributed by atoms with Crippen molar-refractivity contribution < 1.29 is 14.7 Å². The monoisotopic (exact) mass is 277 g/mol. The maximum Gasteiger partial charge on any atom is 0.337 e. The highest BCUT2D eigenvalue weighted by atomic mass is 16.4. The molecule has 0 saturated carbocycles. The van der Waals surface area contributed by atoms with E-state index in [1.54, 1.807) is 6.07 Å². The molecule has 0 radical (unpaired) electrons. The lowest BCUT2D eigenvalue weighted by atomic mass is 10.2. The summed E-state index contributed by atoms with van der Waals surface area (Å²) in [5, 5.41) is 11.9. The molecule has 6 heteroatoms. The van der Waals surface area contributed by atoms with Gasteiger partial charge < -0.3 is 15.3 Å². The fourth-order valence-electron chi connectivity index (χ4n) is 2.21. The molecule has 2 N–H and O–H groups in total. The molecule has 1 aromatic heterocycles. The summed E-state index contributed by atoms with van der Waals surface area (Å²) in [6, 6.07) is 2.91. The lowest BCUT2D eigenvalue weighted by molar-refractivity contribution is -0.132. The maximum atomic E-state index is 12.1. The van der Waals surface area contributed by atoms with E-state index in [9.17, 15) is 9.59 Å². The Kier molecular flexibility index (Phi) is 4.68. The first-order chi connectivity index (χ1) is 9.58. The van der Waals surface area contributed by atoms with Gasteiger partial charge in [0.1, 0.15) is 0 Å². The molecule has 20 heavy (non-hydrogen) atoms. The van der Waals surface area contributed by atoms with Gasteiger partial charge in [-0.2, -0.15) is 0 Å². The maximum absolute atomic E-state index is 12.1. The van der Waals surface area contributed by atoms with E-state index in [4.69, 9.17) is 5.11 Å². The Balaban J connectivity index is 1.84. The van der Waals surface area contributed by atoms with Crippen LogP contribution in [0.2, 0.25) is 0 Å². The molecule has 1 unspecified atom stereocenters. The van der Waals surface area contributed by atoms with Gasteiger partial charge in [-0.3, -0.25) is 9.78 Å². The minimum atomic E-state index is -0.991. The van der Waals surface area contributed by atoms with Crippen LogP contribution in [-0.4, -0.2) is 46.0 Å². The van der Waals surface area contributed by atoms with Crippen LogP contribution in [0.25, 0.3) is 0 Å². The van der Waals surface area contributed by atoms with Crippen LogP contribution in [0, 0.1) is 0 Å². The van der Waals surface area contributed by atoms with Gasteiger partial charge in [0, 0.05) is 25.8 Å². The summed E-state index contributed by atoms with van der Waals surface area (Å²) in [7, 11) is 0. The number of pyridine rings is 1. The zero-order valence-corrected chi connectivity index (χ0v) is 11.5. The molecular formula is C14H19N3O3. The normalized spacial score (nSPS) is 16.1. The average Bonchev–Trinajstić information content (AvgIpc) is 2.98. The molecule has 1 aliphatic rings. The topological polar surface area (TPSA) is 82.5 Å². The molecule has 0 spiro atoms. The summed E-state index contributed by atoms with van der Waals surface area (Å²) in [5.41, 5.74) is 0.881. The van der Waals surface area contributed by atoms with Crippen LogP contribution in [0.3, 0.4) is 0 Å². The van der Waals surface area contributed by atoms with Crippen molar-refractivity contribution in [3.05, 3.63) is 29.6 Å². The number of aromatic nitrogens is 1. The molecule has 108 valence electrons. The number of carbonyl (C=O) groups excluding carboxylic acids is 1. The molecule has 0 bridgehead atoms. The molecule has 0 aliphatic carbocycles. The molecule has 1 fully saturated rings. The molecule has 2 rings (SSSR count). The van der Waals surface area contributed by atoms with Crippen LogP contribution in [0.1, 0.15) is 35.8 Å². The van der Waals surface area contributed by atoms with Crippen molar-refractivity contribution in [2.45, 2.75) is 32.4 Å². The standard InChI is InChI=1S/C14H19N3O3/c1-10(13(18)17-6-2-3-7-17)15-9-12-5-4-11(8-16-12)14(19)20/h4-5,8,10,15H,2-3,6-7,9H2,1H3,(H,19,20). The Bertz CT molecular complexity index is 481. The lowest BCUT2D eigenvalue weighted by Gasteiger charge is -2.21. The highest BCUT2D eigenvalue weighted by molar-refractivity contribution is 5.87. The fraction of sp³-hybridized carbons (Fsp3) is 0.500. The van der Waals surface area contributed by atoms with Crippen molar-refractivity contribution in [3.8, 4) is 0 Å². The van der Waals surface area contributed by atoms with Crippen LogP contribution in [0.4, 0.5) is 0 Å². The zero-order chi connectivity index (χ0) is 14.5. The smallest absolute Gasteiger partial charge is 0.337 e. The number of hydrogen-bond donors (Lipinski definition) is 2. The molecule has 1 amide bonds. The van der Waals surface area contributed by atoms with Crippen LogP contribution >= 0.6 is 0 Å². The van der Waals surface area contributed by atoms with Crippen LogP contribution in [0.15, 0.2) is 18.3 Å². The quantitative estimate of drug-likeness (QED) is 0.835. The summed E-state index contributed by atoms with van der Waals surface area (Å²) in [4.78, 5) is 28.7. The Morgan fingerprint density at radius 1 is 1.40 bits per heavy atom. The number of amides is 1. The summed E-state index contributed by atoms with van der Waals surface area (Å²) in [6.45, 7) is 3.97. The predicted octanol–water partition coefficient (Wildman–Crippen LogP) is 0.880. The Morgan fingerprint density at radius 3 is 2.65 bits per heavy atom. The lowest BCUT2D eigenvalue weighted by Crippen LogP contribution is -2.43. The van der Waals surface area contributed by atoms with E-state index in [1.165, 1.54) is 12.3 Å². The molecule has 1 saturated heterocycles. The number of nitrogens with one attached hydrogen (secondary N) is 1. The van der Waals surface area contributed by atoms with Gasteiger partial charge in [-0.1, -0.05) is 0 Å². The minimum absolute atomic E-state index is 0.115. The molecule has 6 nitrogen and oxygen atoms in total. The second-order valence-electron chi connectivity index (χ2n) is 4.98. The highest BCUT2D eigenvalue weighted by Crippen LogP contribution is 2.09. The first-order valence-corrected chi connectivity index (χ1v) is 6.78. The number of carbonyl (C=O) groups is 2. The second-order valence-corrected chi connectivity index (χ2v) is 4.98. The number of aromatic carboxylic acids is 1. The minimum Gasteiger partial charge on any atom is -0.478 e. The van der Waals surface area contributed by atoms with E-state index in [1.807, 2.05) is 11.8 Å². The van der Waals surface area contributed by atoms with Gasteiger partial charge in [0.2, 0.25) is 5.91 Å². The van der Waals surface area contributed by atoms with E-state index in [-0.39, 0.29) is 17.5 Å². The predicted molar refractivity (Wildman–Crippen MR) is 73.3 cm³/mol. The van der Waals surface area contributed by atoms with Crippen molar-refractivity contribution in [1.29, 1.82) is 0 Å². The second kappa shape index (κ2) is 6.47. The molecular weight excluding hydrogens is 258 g/mol. The van der Waals surface area contributed by atoms with Gasteiger partial charge in [-0.05, 0) is 31.9 Å². The van der Waals surface area contributed by atoms with Gasteiger partial charge in [-0.15, -0.1) is 0 Å². The van der Waals surface area contributed by atoms with E-state index in [0.29, 0.717) is 6.54 Å². The average molecular weight is 277 g/mol. The molecule has 0 aromatic carbocycles. The van der Waals surface area contributed by atoms with Gasteiger partial charge in [-0.25, -0.2) is 4.79 Å². The third kappa shape index (κ3) is 3.54. The van der Waals surface area contributed by atoms with Crippen molar-refractivity contribution >= 4 is 11.9 Å². The number of carboxylic acids is 1. The summed E-state index contributed by atoms with van der Waals surface area (Å²) in [6.07, 6.45) is 3.49. The molecule has 2 heterocycles. The molecule has 1 aromatic rings. The molecule has 1 atom stereocenters. The van der Waals surface area contributed by atoms with Gasteiger partial charge in [0.05, 0.1) is 17.3 Å². The van der Waals surface area contributed by atoms with Crippen LogP contribution in [0.5, 0.6) is 0 Å². The van der Waals surface area contributed by atoms with Crippen molar-refractivity contribution in [2.75, 3.05) is 13.1 Å². The van der Waals surface area contributed by atoms with Gasteiger partial charge in [0.15, 0.2) is 0 Å².